The maximum atomic E-state index is 6.17. The van der Waals surface area contributed by atoms with Gasteiger partial charge in [0, 0.05) is 0 Å². The van der Waals surface area contributed by atoms with E-state index in [1.165, 1.54) is 0 Å². The Hall–Kier alpha value is -0.480. The van der Waals surface area contributed by atoms with Crippen LogP contribution in [0.4, 0.5) is 0 Å². The van der Waals surface area contributed by atoms with E-state index >= 15 is 0 Å². The molecule has 6 rings (SSSR count). The number of rotatable bonds is 6. The molecule has 12 heteroatoms. The largest absolute Gasteiger partial charge is 0.353 e. The minimum atomic E-state index is -0.768. The van der Waals surface area contributed by atoms with Crippen LogP contribution in [0, 0.1) is 0 Å². The predicted octanol–water partition coefficient (Wildman–Crippen LogP) is 1.77. The number of hydrogen-bond donors (Lipinski definition) is 0. The topological polar surface area (TPSA) is 111 Å². The molecule has 10 atom stereocenters. The van der Waals surface area contributed by atoms with Crippen molar-refractivity contribution in [2.45, 2.75) is 140 Å². The minimum Gasteiger partial charge on any atom is -0.353 e. The molecule has 212 valence electrons. The third-order valence-electron chi connectivity index (χ3n) is 7.23. The summed E-state index contributed by atoms with van der Waals surface area (Å²) < 4.78 is 72.6. The molecule has 0 spiro atoms. The van der Waals surface area contributed by atoms with Gasteiger partial charge in [0.1, 0.15) is 55.6 Å². The van der Waals surface area contributed by atoms with Crippen molar-refractivity contribution in [3.8, 4) is 0 Å². The summed E-state index contributed by atoms with van der Waals surface area (Å²) in [6.45, 7) is 15.4. The smallest absolute Gasteiger partial charge is 0.190 e. The van der Waals surface area contributed by atoms with Crippen molar-refractivity contribution in [3.63, 3.8) is 0 Å². The van der Waals surface area contributed by atoms with Crippen LogP contribution < -0.4 is 0 Å². The molecule has 6 aliphatic heterocycles. The highest BCUT2D eigenvalue weighted by Gasteiger charge is 2.62. The van der Waals surface area contributed by atoms with Crippen LogP contribution in [-0.4, -0.2) is 105 Å². The van der Waals surface area contributed by atoms with Gasteiger partial charge < -0.3 is 56.8 Å². The standard InChI is InChI=1S/C25H40O12/c1-22(2)30-14-12(28-20-18(16(14)32-22)34-24(5,6)36-20)9-26-11-27-10-13-15-17(33-23(3,4)31-15)19-21(29-13)37-25(7,8)35-19/h12-21H,9-11H2,1-8H3/t12-,13-,14+,15+,16+,17+,18-,19-,20-,21-/m1/s1. The average molecular weight is 533 g/mol. The van der Waals surface area contributed by atoms with E-state index in [9.17, 15) is 0 Å². The Kier molecular flexibility index (Phi) is 6.51. The highest BCUT2D eigenvalue weighted by molar-refractivity contribution is 5.01. The molecule has 0 N–H and O–H groups in total. The third kappa shape index (κ3) is 5.21. The summed E-state index contributed by atoms with van der Waals surface area (Å²) in [6.07, 6.45) is -4.08. The zero-order valence-electron chi connectivity index (χ0n) is 22.8. The van der Waals surface area contributed by atoms with Crippen LogP contribution >= 0.6 is 0 Å². The van der Waals surface area contributed by atoms with Crippen LogP contribution in [-0.2, 0) is 56.8 Å². The lowest BCUT2D eigenvalue weighted by Gasteiger charge is -2.37. The van der Waals surface area contributed by atoms with E-state index in [1.807, 2.05) is 55.4 Å². The molecular formula is C25H40O12. The Labute approximate surface area is 217 Å². The molecule has 6 saturated heterocycles. The maximum absolute atomic E-state index is 6.17. The Morgan fingerprint density at radius 3 is 1.16 bits per heavy atom. The molecule has 0 radical (unpaired) electrons. The van der Waals surface area contributed by atoms with Gasteiger partial charge in [0.2, 0.25) is 0 Å². The summed E-state index contributed by atoms with van der Waals surface area (Å²) >= 11 is 0. The van der Waals surface area contributed by atoms with Gasteiger partial charge in [-0.3, -0.25) is 0 Å². The lowest BCUT2D eigenvalue weighted by molar-refractivity contribution is -0.257. The first-order valence-electron chi connectivity index (χ1n) is 13.1. The Morgan fingerprint density at radius 2 is 0.757 bits per heavy atom. The Morgan fingerprint density at radius 1 is 0.432 bits per heavy atom. The van der Waals surface area contributed by atoms with Crippen molar-refractivity contribution in [1.29, 1.82) is 0 Å². The second-order valence-corrected chi connectivity index (χ2v) is 12.3. The molecular weight excluding hydrogens is 492 g/mol. The Balaban J connectivity index is 1.03. The summed E-state index contributed by atoms with van der Waals surface area (Å²) in [4.78, 5) is 0. The van der Waals surface area contributed by atoms with Crippen molar-refractivity contribution in [2.75, 3.05) is 20.0 Å². The molecule has 0 amide bonds. The second kappa shape index (κ2) is 9.02. The van der Waals surface area contributed by atoms with Crippen LogP contribution in [0.3, 0.4) is 0 Å². The van der Waals surface area contributed by atoms with Gasteiger partial charge in [-0.05, 0) is 55.4 Å². The van der Waals surface area contributed by atoms with Crippen molar-refractivity contribution < 1.29 is 56.8 Å². The molecule has 6 aliphatic rings. The SMILES string of the molecule is CC1(C)O[C@H]2[C@@H](O1)[C@@H](COCOC[C@H]1O[C@@H]3OC(C)(C)O[C@@H]3[C@H]3OC(C)(C)O[C@H]31)O[C@@H]1OC(C)(C)O[C@@H]12. The van der Waals surface area contributed by atoms with Crippen LogP contribution in [0.5, 0.6) is 0 Å². The van der Waals surface area contributed by atoms with Crippen LogP contribution in [0.1, 0.15) is 55.4 Å². The van der Waals surface area contributed by atoms with Crippen molar-refractivity contribution in [2.24, 2.45) is 0 Å². The van der Waals surface area contributed by atoms with Gasteiger partial charge in [0.15, 0.2) is 35.7 Å². The van der Waals surface area contributed by atoms with E-state index in [0.29, 0.717) is 0 Å². The van der Waals surface area contributed by atoms with Gasteiger partial charge in [-0.25, -0.2) is 0 Å². The van der Waals surface area contributed by atoms with E-state index in [4.69, 9.17) is 56.8 Å². The fourth-order valence-corrected chi connectivity index (χ4v) is 6.04. The van der Waals surface area contributed by atoms with Gasteiger partial charge in [0.25, 0.3) is 0 Å². The normalized spacial score (nSPS) is 48.3. The number of hydrogen-bond acceptors (Lipinski definition) is 12. The number of fused-ring (bicyclic) bond motifs is 6. The van der Waals surface area contributed by atoms with Gasteiger partial charge in [-0.1, -0.05) is 0 Å². The van der Waals surface area contributed by atoms with Crippen molar-refractivity contribution in [1.82, 2.24) is 0 Å². The molecule has 0 unspecified atom stereocenters. The van der Waals surface area contributed by atoms with Gasteiger partial charge in [0.05, 0.1) is 13.2 Å². The average Bonchev–Trinajstić information content (AvgIpc) is 3.45. The van der Waals surface area contributed by atoms with Gasteiger partial charge >= 0.3 is 0 Å². The lowest BCUT2D eigenvalue weighted by Crippen LogP contribution is -2.56. The van der Waals surface area contributed by atoms with E-state index < -0.39 is 47.9 Å². The summed E-state index contributed by atoms with van der Waals surface area (Å²) in [5, 5.41) is 0. The molecule has 6 heterocycles. The van der Waals surface area contributed by atoms with E-state index in [2.05, 4.69) is 0 Å². The monoisotopic (exact) mass is 532 g/mol. The molecule has 12 nitrogen and oxygen atoms in total. The molecule has 0 saturated carbocycles. The molecule has 0 aromatic rings. The zero-order valence-corrected chi connectivity index (χ0v) is 22.8. The molecule has 0 aromatic carbocycles. The van der Waals surface area contributed by atoms with Crippen LogP contribution in [0.25, 0.3) is 0 Å². The molecule has 0 bridgehead atoms. The van der Waals surface area contributed by atoms with Gasteiger partial charge in [-0.15, -0.1) is 0 Å². The predicted molar refractivity (Wildman–Crippen MR) is 122 cm³/mol. The highest BCUT2D eigenvalue weighted by Crippen LogP contribution is 2.45. The maximum Gasteiger partial charge on any atom is 0.190 e. The first-order chi connectivity index (χ1) is 17.2. The van der Waals surface area contributed by atoms with E-state index in [0.717, 1.165) is 0 Å². The quantitative estimate of drug-likeness (QED) is 0.367. The molecule has 37 heavy (non-hydrogen) atoms. The third-order valence-corrected chi connectivity index (χ3v) is 7.23. The minimum absolute atomic E-state index is 0.0247. The van der Waals surface area contributed by atoms with Crippen molar-refractivity contribution >= 4 is 0 Å². The Bertz CT molecular complexity index is 793. The van der Waals surface area contributed by atoms with Crippen molar-refractivity contribution in [3.05, 3.63) is 0 Å². The first-order valence-corrected chi connectivity index (χ1v) is 13.1. The van der Waals surface area contributed by atoms with Crippen LogP contribution in [0.2, 0.25) is 0 Å². The van der Waals surface area contributed by atoms with Crippen LogP contribution in [0.15, 0.2) is 0 Å². The van der Waals surface area contributed by atoms with Gasteiger partial charge in [-0.2, -0.15) is 0 Å². The first kappa shape index (κ1) is 26.7. The lowest BCUT2D eigenvalue weighted by atomic mass is 9.99. The fourth-order valence-electron chi connectivity index (χ4n) is 6.04. The summed E-state index contributed by atoms with van der Waals surface area (Å²) in [7, 11) is 0. The fraction of sp³-hybridized carbons (Fsp3) is 1.00. The highest BCUT2D eigenvalue weighted by atomic mass is 16.9. The number of ether oxygens (including phenoxy) is 12. The zero-order chi connectivity index (χ0) is 26.4. The molecule has 0 aromatic heterocycles. The summed E-state index contributed by atoms with van der Waals surface area (Å²) in [5.74, 6) is -3.06. The summed E-state index contributed by atoms with van der Waals surface area (Å²) in [5.41, 5.74) is 0. The molecule has 6 fully saturated rings. The molecule has 0 aliphatic carbocycles. The van der Waals surface area contributed by atoms with E-state index in [-0.39, 0.29) is 56.6 Å². The second-order valence-electron chi connectivity index (χ2n) is 12.3. The summed E-state index contributed by atoms with van der Waals surface area (Å²) in [6, 6.07) is 0. The van der Waals surface area contributed by atoms with E-state index in [1.54, 1.807) is 0 Å².